The summed E-state index contributed by atoms with van der Waals surface area (Å²) in [5.41, 5.74) is 4.94. The van der Waals surface area contributed by atoms with Gasteiger partial charge in [-0.2, -0.15) is 13.2 Å². The van der Waals surface area contributed by atoms with E-state index in [2.05, 4.69) is 15.6 Å². The van der Waals surface area contributed by atoms with Crippen molar-refractivity contribution >= 4 is 50.4 Å². The number of rotatable bonds is 4. The molecule has 0 unspecified atom stereocenters. The Kier molecular flexibility index (Phi) is 4.98. The van der Waals surface area contributed by atoms with Gasteiger partial charge in [-0.15, -0.1) is 22.7 Å². The van der Waals surface area contributed by atoms with Crippen molar-refractivity contribution in [3.63, 3.8) is 0 Å². The van der Waals surface area contributed by atoms with E-state index >= 15 is 0 Å². The average Bonchev–Trinajstić information content (AvgIpc) is 3.40. The molecule has 0 radical (unpaired) electrons. The minimum atomic E-state index is -4.66. The molecule has 0 spiro atoms. The highest BCUT2D eigenvalue weighted by molar-refractivity contribution is 7.21. The predicted octanol–water partition coefficient (Wildman–Crippen LogP) is 4.73. The van der Waals surface area contributed by atoms with Crippen LogP contribution >= 0.6 is 22.7 Å². The van der Waals surface area contributed by atoms with Crippen molar-refractivity contribution in [1.29, 1.82) is 0 Å². The number of thiophene rings is 2. The van der Waals surface area contributed by atoms with Gasteiger partial charge >= 0.3 is 12.1 Å². The molecule has 4 heterocycles. The Morgan fingerprint density at radius 2 is 2.13 bits per heavy atom. The number of nitrogens with one attached hydrogen (secondary N) is 1. The Bertz CT molecular complexity index is 1230. The number of anilines is 2. The highest BCUT2D eigenvalue weighted by atomic mass is 32.1. The lowest BCUT2D eigenvalue weighted by molar-refractivity contribution is -0.779. The molecule has 1 amide bonds. The van der Waals surface area contributed by atoms with E-state index in [4.69, 9.17) is 10.3 Å². The molecule has 7 nitrogen and oxygen atoms in total. The topological polar surface area (TPSA) is 97.9 Å². The standard InChI is InChI=1S/C18H14F3N5O2S2/c1-8(2)26-7-12(28-25-26)24-16(27)15-14(22)13-9(18(19,20)21)6-10(23-17(13)30-15)11-4-3-5-29-11/h3-8H,1-2H3,(H2-,22,24,25,27)/p+1. The first-order chi connectivity index (χ1) is 14.1. The summed E-state index contributed by atoms with van der Waals surface area (Å²) in [6.07, 6.45) is -3.19. The van der Waals surface area contributed by atoms with Crippen LogP contribution in [0.25, 0.3) is 20.8 Å². The number of nitrogens with zero attached hydrogens (tertiary/aromatic N) is 3. The summed E-state index contributed by atoms with van der Waals surface area (Å²) in [7, 11) is 0. The molecule has 0 bridgehead atoms. The quantitative estimate of drug-likeness (QED) is 0.434. The second-order valence-corrected chi connectivity index (χ2v) is 8.60. The lowest BCUT2D eigenvalue weighted by Crippen LogP contribution is -2.36. The summed E-state index contributed by atoms with van der Waals surface area (Å²) in [5.74, 6) is -0.651. The Labute approximate surface area is 175 Å². The molecule has 0 aliphatic carbocycles. The van der Waals surface area contributed by atoms with Crippen LogP contribution in [0.1, 0.15) is 35.1 Å². The molecule has 4 aromatic heterocycles. The maximum Gasteiger partial charge on any atom is 0.417 e. The van der Waals surface area contributed by atoms with Crippen molar-refractivity contribution in [2.45, 2.75) is 26.1 Å². The maximum absolute atomic E-state index is 13.8. The van der Waals surface area contributed by atoms with Crippen LogP contribution in [-0.2, 0) is 6.18 Å². The van der Waals surface area contributed by atoms with Crippen LogP contribution in [0.4, 0.5) is 24.7 Å². The second kappa shape index (κ2) is 7.36. The first-order valence-electron chi connectivity index (χ1n) is 8.68. The van der Waals surface area contributed by atoms with Gasteiger partial charge in [0.2, 0.25) is 5.27 Å². The minimum Gasteiger partial charge on any atom is -0.397 e. The molecule has 3 N–H and O–H groups in total. The zero-order valence-electron chi connectivity index (χ0n) is 15.6. The van der Waals surface area contributed by atoms with E-state index in [9.17, 15) is 18.0 Å². The Morgan fingerprint density at radius 3 is 2.73 bits per heavy atom. The van der Waals surface area contributed by atoms with Crippen molar-refractivity contribution in [2.75, 3.05) is 11.1 Å². The number of pyridine rings is 1. The number of carbonyl (C=O) groups excluding carboxylic acids is 1. The SMILES string of the molecule is CC(C)[n+]1cc(NC(=O)c2sc3nc(-c4cccs4)cc(C(F)(F)F)c3c2N)on1. The number of carbonyl (C=O) groups is 1. The molecule has 0 atom stereocenters. The smallest absolute Gasteiger partial charge is 0.397 e. The van der Waals surface area contributed by atoms with Gasteiger partial charge in [0, 0.05) is 5.39 Å². The lowest BCUT2D eigenvalue weighted by atomic mass is 10.1. The molecule has 0 aromatic carbocycles. The van der Waals surface area contributed by atoms with Crippen molar-refractivity contribution in [2.24, 2.45) is 0 Å². The number of hydrogen-bond donors (Lipinski definition) is 2. The van der Waals surface area contributed by atoms with Crippen LogP contribution in [0.3, 0.4) is 0 Å². The number of fused-ring (bicyclic) bond motifs is 1. The summed E-state index contributed by atoms with van der Waals surface area (Å²) in [4.78, 5) is 17.5. The molecular formula is C18H15F3N5O2S2+. The van der Waals surface area contributed by atoms with Gasteiger partial charge in [0.05, 0.1) is 21.8 Å². The van der Waals surface area contributed by atoms with Crippen LogP contribution in [0, 0.1) is 0 Å². The fourth-order valence-corrected chi connectivity index (χ4v) is 4.49. The molecular weight excluding hydrogens is 439 g/mol. The van der Waals surface area contributed by atoms with E-state index in [0.717, 1.165) is 17.4 Å². The number of halogens is 3. The average molecular weight is 454 g/mol. The first-order valence-corrected chi connectivity index (χ1v) is 10.4. The number of alkyl halides is 3. The van der Waals surface area contributed by atoms with Crippen LogP contribution in [0.5, 0.6) is 0 Å². The third-order valence-electron chi connectivity index (χ3n) is 4.23. The van der Waals surface area contributed by atoms with Crippen LogP contribution in [0.15, 0.2) is 34.3 Å². The predicted molar refractivity (Wildman–Crippen MR) is 107 cm³/mol. The summed E-state index contributed by atoms with van der Waals surface area (Å²) < 4.78 is 47.8. The Balaban J connectivity index is 1.79. The van der Waals surface area contributed by atoms with Crippen molar-refractivity contribution in [1.82, 2.24) is 10.3 Å². The van der Waals surface area contributed by atoms with E-state index in [-0.39, 0.29) is 38.4 Å². The van der Waals surface area contributed by atoms with Gasteiger partial charge in [0.15, 0.2) is 6.04 Å². The zero-order valence-corrected chi connectivity index (χ0v) is 17.3. The van der Waals surface area contributed by atoms with Crippen LogP contribution in [-0.4, -0.2) is 16.2 Å². The van der Waals surface area contributed by atoms with E-state index < -0.39 is 17.6 Å². The fourth-order valence-electron chi connectivity index (χ4n) is 2.79. The maximum atomic E-state index is 13.8. The molecule has 156 valence electrons. The molecule has 0 fully saturated rings. The van der Waals surface area contributed by atoms with Gasteiger partial charge in [0.1, 0.15) is 9.71 Å². The largest absolute Gasteiger partial charge is 0.417 e. The van der Waals surface area contributed by atoms with Gasteiger partial charge < -0.3 is 5.73 Å². The monoisotopic (exact) mass is 454 g/mol. The van der Waals surface area contributed by atoms with Gasteiger partial charge in [-0.1, -0.05) is 6.07 Å². The number of amides is 1. The van der Waals surface area contributed by atoms with Gasteiger partial charge in [-0.3, -0.25) is 14.6 Å². The number of aromatic nitrogens is 3. The highest BCUT2D eigenvalue weighted by Gasteiger charge is 2.36. The second-order valence-electron chi connectivity index (χ2n) is 6.65. The number of nitrogen functional groups attached to an aromatic ring is 1. The van der Waals surface area contributed by atoms with E-state index in [1.807, 2.05) is 13.8 Å². The molecule has 4 aromatic rings. The molecule has 30 heavy (non-hydrogen) atoms. The van der Waals surface area contributed by atoms with Crippen molar-refractivity contribution in [3.8, 4) is 10.6 Å². The third kappa shape index (κ3) is 3.63. The minimum absolute atomic E-state index is 0.00279. The zero-order chi connectivity index (χ0) is 21.6. The molecule has 4 rings (SSSR count). The summed E-state index contributed by atoms with van der Waals surface area (Å²) in [6, 6.07) is 4.36. The number of hydrogen-bond acceptors (Lipinski definition) is 7. The summed E-state index contributed by atoms with van der Waals surface area (Å²) in [6.45, 7) is 3.74. The Hall–Kier alpha value is -2.99. The lowest BCUT2D eigenvalue weighted by Gasteiger charge is -2.10. The first kappa shape index (κ1) is 20.3. The highest BCUT2D eigenvalue weighted by Crippen LogP contribution is 2.44. The fraction of sp³-hybridized carbons (Fsp3) is 0.222. The van der Waals surface area contributed by atoms with Gasteiger partial charge in [-0.25, -0.2) is 4.98 Å². The Morgan fingerprint density at radius 1 is 1.37 bits per heavy atom. The van der Waals surface area contributed by atoms with E-state index in [0.29, 0.717) is 4.88 Å². The molecule has 0 saturated carbocycles. The van der Waals surface area contributed by atoms with Crippen molar-refractivity contribution < 1.29 is 27.2 Å². The summed E-state index contributed by atoms with van der Waals surface area (Å²) >= 11 is 2.06. The molecule has 0 saturated heterocycles. The molecule has 12 heteroatoms. The van der Waals surface area contributed by atoms with Crippen LogP contribution < -0.4 is 15.7 Å². The third-order valence-corrected chi connectivity index (χ3v) is 6.22. The van der Waals surface area contributed by atoms with E-state index in [1.165, 1.54) is 22.2 Å². The van der Waals surface area contributed by atoms with E-state index in [1.54, 1.807) is 17.5 Å². The summed E-state index contributed by atoms with van der Waals surface area (Å²) in [5, 5.41) is 7.69. The normalized spacial score (nSPS) is 12.1. The molecule has 0 aliphatic rings. The van der Waals surface area contributed by atoms with Crippen LogP contribution in [0.2, 0.25) is 0 Å². The van der Waals surface area contributed by atoms with Crippen molar-refractivity contribution in [3.05, 3.63) is 40.2 Å². The molecule has 0 aliphatic heterocycles. The number of nitrogens with two attached hydrogens (primary N) is 1. The van der Waals surface area contributed by atoms with Gasteiger partial charge in [-0.05, 0) is 36.0 Å². The van der Waals surface area contributed by atoms with Gasteiger partial charge in [0.25, 0.3) is 12.1 Å².